The van der Waals surface area contributed by atoms with Gasteiger partial charge in [0.05, 0.1) is 6.04 Å². The summed E-state index contributed by atoms with van der Waals surface area (Å²) in [6.45, 7) is 7.07. The molecule has 11 nitrogen and oxygen atoms in total. The molecule has 0 rings (SSSR count). The van der Waals surface area contributed by atoms with Gasteiger partial charge in [0, 0.05) is 6.42 Å². The number of aliphatic carboxylic acids is 1. The van der Waals surface area contributed by atoms with E-state index in [0.717, 1.165) is 0 Å². The maximum absolute atomic E-state index is 12.9. The second kappa shape index (κ2) is 15.5. The van der Waals surface area contributed by atoms with Gasteiger partial charge >= 0.3 is 5.97 Å². The van der Waals surface area contributed by atoms with Gasteiger partial charge in [-0.2, -0.15) is 11.8 Å². The van der Waals surface area contributed by atoms with Crippen molar-refractivity contribution in [1.29, 1.82) is 0 Å². The summed E-state index contributed by atoms with van der Waals surface area (Å²) in [7, 11) is 0. The molecule has 5 unspecified atom stereocenters. The summed E-state index contributed by atoms with van der Waals surface area (Å²) in [6, 6.07) is -4.14. The summed E-state index contributed by atoms with van der Waals surface area (Å²) in [5.74, 6) is -3.68. The SMILES string of the molecule is CCC(C)C(N)C(=O)NC(CCC(N)=O)C(=O)NC(C(=O)NC(CCSC)C(=O)O)C(C)C. The molecule has 0 radical (unpaired) electrons. The van der Waals surface area contributed by atoms with Crippen molar-refractivity contribution in [2.45, 2.75) is 77.5 Å². The molecule has 190 valence electrons. The van der Waals surface area contributed by atoms with Crippen LogP contribution in [0.2, 0.25) is 0 Å². The molecule has 0 saturated heterocycles. The molecule has 0 bridgehead atoms. The van der Waals surface area contributed by atoms with Crippen LogP contribution >= 0.6 is 11.8 Å². The number of primary amides is 1. The first-order valence-electron chi connectivity index (χ1n) is 11.0. The van der Waals surface area contributed by atoms with Crippen LogP contribution in [0.1, 0.15) is 53.4 Å². The molecule has 33 heavy (non-hydrogen) atoms. The van der Waals surface area contributed by atoms with Crippen molar-refractivity contribution in [2.75, 3.05) is 12.0 Å². The van der Waals surface area contributed by atoms with E-state index in [2.05, 4.69) is 16.0 Å². The lowest BCUT2D eigenvalue weighted by atomic mass is 9.98. The van der Waals surface area contributed by atoms with Crippen LogP contribution in [0.4, 0.5) is 0 Å². The van der Waals surface area contributed by atoms with Gasteiger partial charge in [0.15, 0.2) is 0 Å². The number of rotatable bonds is 16. The highest BCUT2D eigenvalue weighted by Gasteiger charge is 2.32. The van der Waals surface area contributed by atoms with Gasteiger partial charge in [0.2, 0.25) is 23.6 Å². The number of nitrogens with one attached hydrogen (secondary N) is 3. The Balaban J connectivity index is 5.48. The van der Waals surface area contributed by atoms with Crippen molar-refractivity contribution in [2.24, 2.45) is 23.3 Å². The Morgan fingerprint density at radius 3 is 1.94 bits per heavy atom. The number of carboxylic acids is 1. The predicted molar refractivity (Wildman–Crippen MR) is 127 cm³/mol. The molecular weight excluding hydrogens is 450 g/mol. The van der Waals surface area contributed by atoms with Crippen LogP contribution in [0.5, 0.6) is 0 Å². The van der Waals surface area contributed by atoms with E-state index in [-0.39, 0.29) is 31.1 Å². The van der Waals surface area contributed by atoms with Crippen molar-refractivity contribution in [3.63, 3.8) is 0 Å². The van der Waals surface area contributed by atoms with Crippen molar-refractivity contribution in [3.8, 4) is 0 Å². The van der Waals surface area contributed by atoms with E-state index in [1.807, 2.05) is 13.2 Å². The predicted octanol–water partition coefficient (Wildman–Crippen LogP) is -0.427. The standard InChI is InChI=1S/C21H39N5O6S/c1-6-12(4)16(23)19(29)24-13(7-8-15(22)27)18(28)26-17(11(2)3)20(30)25-14(21(31)32)9-10-33-5/h11-14,16-17H,6-10,23H2,1-5H3,(H2,22,27)(H,24,29)(H,25,30)(H,26,28)(H,31,32). The van der Waals surface area contributed by atoms with Crippen molar-refractivity contribution < 1.29 is 29.1 Å². The first-order chi connectivity index (χ1) is 15.3. The quantitative estimate of drug-likeness (QED) is 0.168. The van der Waals surface area contributed by atoms with E-state index in [1.54, 1.807) is 20.8 Å². The number of carbonyl (C=O) groups is 5. The zero-order chi connectivity index (χ0) is 25.7. The fourth-order valence-electron chi connectivity index (χ4n) is 2.88. The second-order valence-corrected chi connectivity index (χ2v) is 9.37. The smallest absolute Gasteiger partial charge is 0.326 e. The van der Waals surface area contributed by atoms with E-state index >= 15 is 0 Å². The van der Waals surface area contributed by atoms with E-state index in [1.165, 1.54) is 11.8 Å². The van der Waals surface area contributed by atoms with Crippen LogP contribution in [0.25, 0.3) is 0 Å². The van der Waals surface area contributed by atoms with E-state index < -0.39 is 53.8 Å². The number of carboxylic acid groups (broad SMARTS) is 1. The maximum atomic E-state index is 12.9. The van der Waals surface area contributed by atoms with Crippen LogP contribution in [0.3, 0.4) is 0 Å². The number of hydrogen-bond acceptors (Lipinski definition) is 7. The molecule has 0 fully saturated rings. The molecule has 0 heterocycles. The van der Waals surface area contributed by atoms with Crippen molar-refractivity contribution in [3.05, 3.63) is 0 Å². The van der Waals surface area contributed by atoms with E-state index in [4.69, 9.17) is 11.5 Å². The van der Waals surface area contributed by atoms with Gasteiger partial charge in [-0.15, -0.1) is 0 Å². The molecule has 0 spiro atoms. The van der Waals surface area contributed by atoms with Crippen LogP contribution in [0.15, 0.2) is 0 Å². The largest absolute Gasteiger partial charge is 0.480 e. The third-order valence-corrected chi connectivity index (χ3v) is 5.99. The van der Waals surface area contributed by atoms with Gasteiger partial charge in [-0.25, -0.2) is 4.79 Å². The molecule has 0 saturated carbocycles. The number of nitrogens with two attached hydrogens (primary N) is 2. The molecule has 0 aliphatic carbocycles. The Bertz CT molecular complexity index is 690. The Labute approximate surface area is 199 Å². The molecule has 12 heteroatoms. The van der Waals surface area contributed by atoms with Gasteiger partial charge in [0.25, 0.3) is 0 Å². The zero-order valence-corrected chi connectivity index (χ0v) is 20.9. The molecular formula is C21H39N5O6S. The second-order valence-electron chi connectivity index (χ2n) is 8.39. The summed E-state index contributed by atoms with van der Waals surface area (Å²) in [5, 5.41) is 16.9. The Morgan fingerprint density at radius 1 is 0.909 bits per heavy atom. The molecule has 5 atom stereocenters. The number of amides is 4. The van der Waals surface area contributed by atoms with Gasteiger partial charge in [-0.3, -0.25) is 19.2 Å². The fourth-order valence-corrected chi connectivity index (χ4v) is 3.35. The molecule has 0 aromatic heterocycles. The highest BCUT2D eigenvalue weighted by Crippen LogP contribution is 2.09. The summed E-state index contributed by atoms with van der Waals surface area (Å²) >= 11 is 1.45. The van der Waals surface area contributed by atoms with Crippen LogP contribution in [-0.4, -0.2) is 70.9 Å². The lowest BCUT2D eigenvalue weighted by Crippen LogP contribution is -2.59. The molecule has 0 aromatic rings. The maximum Gasteiger partial charge on any atom is 0.326 e. The Hall–Kier alpha value is -2.34. The molecule has 0 aromatic carbocycles. The van der Waals surface area contributed by atoms with E-state index in [9.17, 15) is 29.1 Å². The van der Waals surface area contributed by atoms with Gasteiger partial charge in [-0.05, 0) is 36.7 Å². The normalized spacial score (nSPS) is 15.6. The van der Waals surface area contributed by atoms with Crippen molar-refractivity contribution in [1.82, 2.24) is 16.0 Å². The lowest BCUT2D eigenvalue weighted by molar-refractivity contribution is -0.142. The lowest BCUT2D eigenvalue weighted by Gasteiger charge is -2.27. The molecule has 0 aliphatic heterocycles. The first-order valence-corrected chi connectivity index (χ1v) is 12.4. The van der Waals surface area contributed by atoms with E-state index in [0.29, 0.717) is 12.2 Å². The summed E-state index contributed by atoms with van der Waals surface area (Å²) in [6.07, 6.45) is 2.48. The highest BCUT2D eigenvalue weighted by molar-refractivity contribution is 7.98. The monoisotopic (exact) mass is 489 g/mol. The van der Waals surface area contributed by atoms with Gasteiger partial charge in [-0.1, -0.05) is 34.1 Å². The third-order valence-electron chi connectivity index (χ3n) is 5.34. The fraction of sp³-hybridized carbons (Fsp3) is 0.762. The molecule has 8 N–H and O–H groups in total. The third kappa shape index (κ3) is 11.4. The minimum absolute atomic E-state index is 0.0714. The Kier molecular flexibility index (Phi) is 14.4. The average molecular weight is 490 g/mol. The molecule has 4 amide bonds. The number of thioether (sulfide) groups is 1. The van der Waals surface area contributed by atoms with Gasteiger partial charge < -0.3 is 32.5 Å². The van der Waals surface area contributed by atoms with Crippen LogP contribution in [0, 0.1) is 11.8 Å². The summed E-state index contributed by atoms with van der Waals surface area (Å²) in [5.41, 5.74) is 11.1. The first kappa shape index (κ1) is 30.7. The van der Waals surface area contributed by atoms with Crippen molar-refractivity contribution >= 4 is 41.4 Å². The average Bonchev–Trinajstić information content (AvgIpc) is 2.75. The highest BCUT2D eigenvalue weighted by atomic mass is 32.2. The van der Waals surface area contributed by atoms with Crippen LogP contribution < -0.4 is 27.4 Å². The summed E-state index contributed by atoms with van der Waals surface area (Å²) in [4.78, 5) is 60.9. The Morgan fingerprint density at radius 2 is 1.48 bits per heavy atom. The minimum Gasteiger partial charge on any atom is -0.480 e. The summed E-state index contributed by atoms with van der Waals surface area (Å²) < 4.78 is 0. The number of carbonyl (C=O) groups excluding carboxylic acids is 4. The number of hydrogen-bond donors (Lipinski definition) is 6. The van der Waals surface area contributed by atoms with Gasteiger partial charge in [0.1, 0.15) is 18.1 Å². The zero-order valence-electron chi connectivity index (χ0n) is 20.1. The van der Waals surface area contributed by atoms with Crippen LogP contribution in [-0.2, 0) is 24.0 Å². The minimum atomic E-state index is -1.17. The molecule has 0 aliphatic rings. The topological polar surface area (TPSA) is 194 Å².